The summed E-state index contributed by atoms with van der Waals surface area (Å²) in [5.74, 6) is 0. The molecule has 0 bridgehead atoms. The first-order valence-corrected chi connectivity index (χ1v) is 10.7. The Kier molecular flexibility index (Phi) is 4.41. The summed E-state index contributed by atoms with van der Waals surface area (Å²) in [4.78, 5) is 12.3. The Balaban J connectivity index is 1.56. The molecule has 1 aliphatic rings. The molecule has 3 aromatic rings. The highest BCUT2D eigenvalue weighted by atomic mass is 32.2. The van der Waals surface area contributed by atoms with Gasteiger partial charge in [-0.25, -0.2) is 18.4 Å². The van der Waals surface area contributed by atoms with Gasteiger partial charge in [-0.15, -0.1) is 0 Å². The number of aromatic nitrogens is 4. The van der Waals surface area contributed by atoms with Crippen molar-refractivity contribution in [2.24, 2.45) is 0 Å². The lowest BCUT2D eigenvalue weighted by Gasteiger charge is -2.21. The van der Waals surface area contributed by atoms with Gasteiger partial charge in [0.15, 0.2) is 5.13 Å². The van der Waals surface area contributed by atoms with E-state index in [2.05, 4.69) is 25.1 Å². The number of nitrogens with one attached hydrogen (secondary N) is 1. The molecule has 0 amide bonds. The summed E-state index contributed by atoms with van der Waals surface area (Å²) in [5, 5.41) is 7.69. The summed E-state index contributed by atoms with van der Waals surface area (Å²) in [6, 6.07) is 3.82. The fraction of sp³-hybridized carbons (Fsp3) is 0.438. The van der Waals surface area contributed by atoms with Crippen LogP contribution in [0.1, 0.15) is 17.8 Å². The molecule has 0 radical (unpaired) electrons. The lowest BCUT2D eigenvalue weighted by atomic mass is 10.4. The van der Waals surface area contributed by atoms with Crippen LogP contribution in [0.5, 0.6) is 0 Å². The maximum absolute atomic E-state index is 13.1. The van der Waals surface area contributed by atoms with Gasteiger partial charge in [-0.1, -0.05) is 11.3 Å². The Bertz CT molecular complexity index is 990. The van der Waals surface area contributed by atoms with E-state index in [0.717, 1.165) is 28.4 Å². The molecule has 3 aromatic heterocycles. The number of fused-ring (bicyclic) bond motifs is 1. The molecule has 1 fully saturated rings. The van der Waals surface area contributed by atoms with E-state index in [-0.39, 0.29) is 0 Å². The number of rotatable bonds is 3. The van der Waals surface area contributed by atoms with Crippen molar-refractivity contribution in [1.82, 2.24) is 24.5 Å². The normalized spacial score (nSPS) is 16.9. The van der Waals surface area contributed by atoms with Crippen LogP contribution in [0.15, 0.2) is 23.2 Å². The first-order valence-electron chi connectivity index (χ1n) is 8.45. The minimum absolute atomic E-state index is 0.301. The average molecular weight is 393 g/mol. The van der Waals surface area contributed by atoms with Crippen molar-refractivity contribution in [3.05, 3.63) is 29.7 Å². The van der Waals surface area contributed by atoms with Crippen molar-refractivity contribution >= 4 is 36.8 Å². The van der Waals surface area contributed by atoms with Crippen LogP contribution in [0.2, 0.25) is 0 Å². The maximum atomic E-state index is 13.1. The van der Waals surface area contributed by atoms with Crippen molar-refractivity contribution in [1.29, 1.82) is 0 Å². The van der Waals surface area contributed by atoms with E-state index in [1.165, 1.54) is 0 Å². The van der Waals surface area contributed by atoms with Crippen molar-refractivity contribution in [2.45, 2.75) is 25.2 Å². The SMILES string of the molecule is Cc1n[nH]c(C)c1S(=O)(=O)N1CCCN(c2nc3cccnc3s2)CC1. The zero-order valence-electron chi connectivity index (χ0n) is 14.6. The van der Waals surface area contributed by atoms with Gasteiger partial charge in [0.25, 0.3) is 0 Å². The number of pyridine rings is 1. The molecule has 1 saturated heterocycles. The average Bonchev–Trinajstić information content (AvgIpc) is 3.08. The summed E-state index contributed by atoms with van der Waals surface area (Å²) < 4.78 is 27.7. The second-order valence-corrected chi connectivity index (χ2v) is 9.16. The highest BCUT2D eigenvalue weighted by Crippen LogP contribution is 2.29. The number of aryl methyl sites for hydroxylation is 2. The third kappa shape index (κ3) is 2.97. The highest BCUT2D eigenvalue weighted by molar-refractivity contribution is 7.89. The predicted octanol–water partition coefficient (Wildman–Crippen LogP) is 1.93. The fourth-order valence-electron chi connectivity index (χ4n) is 3.27. The minimum atomic E-state index is -3.55. The quantitative estimate of drug-likeness (QED) is 0.732. The number of thiazole rings is 1. The van der Waals surface area contributed by atoms with Gasteiger partial charge in [0.05, 0.1) is 11.4 Å². The van der Waals surface area contributed by atoms with Crippen LogP contribution in [-0.2, 0) is 10.0 Å². The zero-order valence-corrected chi connectivity index (χ0v) is 16.3. The van der Waals surface area contributed by atoms with Gasteiger partial charge in [0.1, 0.15) is 15.2 Å². The van der Waals surface area contributed by atoms with Crippen molar-refractivity contribution < 1.29 is 8.42 Å². The van der Waals surface area contributed by atoms with Crippen molar-refractivity contribution in [3.63, 3.8) is 0 Å². The number of anilines is 1. The van der Waals surface area contributed by atoms with Crippen molar-refractivity contribution in [2.75, 3.05) is 31.1 Å². The van der Waals surface area contributed by atoms with Gasteiger partial charge < -0.3 is 4.90 Å². The van der Waals surface area contributed by atoms with E-state index in [0.29, 0.717) is 35.9 Å². The zero-order chi connectivity index (χ0) is 18.3. The molecule has 26 heavy (non-hydrogen) atoms. The molecule has 0 saturated carbocycles. The molecule has 0 aliphatic carbocycles. The van der Waals surface area contributed by atoms with Crippen molar-refractivity contribution in [3.8, 4) is 0 Å². The van der Waals surface area contributed by atoms with E-state index < -0.39 is 10.0 Å². The molecule has 0 unspecified atom stereocenters. The molecule has 4 heterocycles. The van der Waals surface area contributed by atoms with E-state index in [1.54, 1.807) is 35.7 Å². The van der Waals surface area contributed by atoms with E-state index >= 15 is 0 Å². The van der Waals surface area contributed by atoms with Crippen LogP contribution in [0, 0.1) is 13.8 Å². The molecular weight excluding hydrogens is 372 g/mol. The molecule has 1 N–H and O–H groups in total. The Hall–Kier alpha value is -2.04. The number of hydrogen-bond acceptors (Lipinski definition) is 7. The number of sulfonamides is 1. The van der Waals surface area contributed by atoms with Crippen LogP contribution in [0.3, 0.4) is 0 Å². The maximum Gasteiger partial charge on any atom is 0.246 e. The topological polar surface area (TPSA) is 95.1 Å². The summed E-state index contributed by atoms with van der Waals surface area (Å²) in [6.45, 7) is 5.76. The molecule has 4 rings (SSSR count). The van der Waals surface area contributed by atoms with Crippen LogP contribution >= 0.6 is 11.3 Å². The summed E-state index contributed by atoms with van der Waals surface area (Å²) in [7, 11) is -3.55. The Labute approximate surface area is 155 Å². The number of H-pyrrole nitrogens is 1. The van der Waals surface area contributed by atoms with E-state index in [4.69, 9.17) is 0 Å². The first kappa shape index (κ1) is 17.4. The van der Waals surface area contributed by atoms with Gasteiger partial charge in [0.2, 0.25) is 10.0 Å². The standard InChI is InChI=1S/C16H20N6O2S2/c1-11-14(12(2)20-19-11)26(23,24)22-8-4-7-21(9-10-22)16-18-13-5-3-6-17-15(13)25-16/h3,5-6H,4,7-10H2,1-2H3,(H,19,20). The van der Waals surface area contributed by atoms with E-state index in [1.807, 2.05) is 12.1 Å². The third-order valence-corrected chi connectivity index (χ3v) is 7.74. The van der Waals surface area contributed by atoms with Crippen LogP contribution in [0.4, 0.5) is 5.13 Å². The first-order chi connectivity index (χ1) is 12.5. The van der Waals surface area contributed by atoms with E-state index in [9.17, 15) is 8.42 Å². The summed E-state index contributed by atoms with van der Waals surface area (Å²) in [6.07, 6.45) is 2.51. The van der Waals surface area contributed by atoms with Crippen LogP contribution in [0.25, 0.3) is 10.3 Å². The number of hydrogen-bond donors (Lipinski definition) is 1. The lowest BCUT2D eigenvalue weighted by Crippen LogP contribution is -2.35. The minimum Gasteiger partial charge on any atom is -0.347 e. The van der Waals surface area contributed by atoms with Gasteiger partial charge in [-0.3, -0.25) is 5.10 Å². The van der Waals surface area contributed by atoms with Gasteiger partial charge in [-0.05, 0) is 32.4 Å². The third-order valence-electron chi connectivity index (χ3n) is 4.54. The number of aromatic amines is 1. The monoisotopic (exact) mass is 392 g/mol. The smallest absolute Gasteiger partial charge is 0.246 e. The Morgan fingerprint density at radius 3 is 2.77 bits per heavy atom. The molecule has 138 valence electrons. The fourth-order valence-corrected chi connectivity index (χ4v) is 6.03. The number of nitrogens with zero attached hydrogens (tertiary/aromatic N) is 5. The summed E-state index contributed by atoms with van der Waals surface area (Å²) in [5.41, 5.74) is 1.98. The molecule has 8 nitrogen and oxygen atoms in total. The predicted molar refractivity (Wildman–Crippen MR) is 101 cm³/mol. The Morgan fingerprint density at radius 2 is 2.04 bits per heavy atom. The van der Waals surface area contributed by atoms with Crippen LogP contribution < -0.4 is 4.90 Å². The van der Waals surface area contributed by atoms with Crippen LogP contribution in [-0.4, -0.2) is 59.1 Å². The van der Waals surface area contributed by atoms with Gasteiger partial charge in [0, 0.05) is 32.4 Å². The molecular formula is C16H20N6O2S2. The summed E-state index contributed by atoms with van der Waals surface area (Å²) >= 11 is 1.55. The molecule has 1 aliphatic heterocycles. The lowest BCUT2D eigenvalue weighted by molar-refractivity contribution is 0.432. The molecule has 10 heteroatoms. The molecule has 0 aromatic carbocycles. The Morgan fingerprint density at radius 1 is 1.19 bits per heavy atom. The van der Waals surface area contributed by atoms with Gasteiger partial charge in [-0.2, -0.15) is 9.40 Å². The largest absolute Gasteiger partial charge is 0.347 e. The second-order valence-electron chi connectivity index (χ2n) is 6.33. The molecule has 0 spiro atoms. The van der Waals surface area contributed by atoms with Gasteiger partial charge >= 0.3 is 0 Å². The highest BCUT2D eigenvalue weighted by Gasteiger charge is 2.31. The second kappa shape index (κ2) is 6.60. The molecule has 0 atom stereocenters.